The monoisotopic (exact) mass is 518 g/mol. The molecule has 1 aromatic heterocycles. The average Bonchev–Trinajstić information content (AvgIpc) is 3.40. The molecule has 0 bridgehead atoms. The highest BCUT2D eigenvalue weighted by molar-refractivity contribution is 6.37. The van der Waals surface area contributed by atoms with Gasteiger partial charge >= 0.3 is 5.97 Å². The summed E-state index contributed by atoms with van der Waals surface area (Å²) in [6.07, 6.45) is 2.08. The summed E-state index contributed by atoms with van der Waals surface area (Å²) in [5, 5.41) is 5.50. The molecular weight excluding hydrogens is 488 g/mol. The molecule has 6 nitrogen and oxygen atoms in total. The van der Waals surface area contributed by atoms with E-state index in [1.165, 1.54) is 0 Å². The molecule has 6 heteroatoms. The molecule has 0 aliphatic carbocycles. The second-order valence-electron chi connectivity index (χ2n) is 9.03. The quantitative estimate of drug-likeness (QED) is 0.0973. The van der Waals surface area contributed by atoms with Crippen LogP contribution in [0.25, 0.3) is 10.9 Å². The Bertz CT molecular complexity index is 1460. The fourth-order valence-electron chi connectivity index (χ4n) is 4.77. The maximum absolute atomic E-state index is 13.2. The number of oxime groups is 1. The molecule has 0 aliphatic heterocycles. The van der Waals surface area contributed by atoms with Gasteiger partial charge < -0.3 is 19.3 Å². The second kappa shape index (κ2) is 11.7. The number of aromatic nitrogens is 1. The summed E-state index contributed by atoms with van der Waals surface area (Å²) in [5.41, 5.74) is 3.51. The first kappa shape index (κ1) is 25.8. The second-order valence-corrected chi connectivity index (χ2v) is 9.03. The summed E-state index contributed by atoms with van der Waals surface area (Å²) in [6.45, 7) is 2.00. The van der Waals surface area contributed by atoms with Crippen LogP contribution >= 0.6 is 0 Å². The van der Waals surface area contributed by atoms with Crippen molar-refractivity contribution in [2.24, 2.45) is 5.16 Å². The number of benzene rings is 4. The van der Waals surface area contributed by atoms with Gasteiger partial charge in [0.05, 0.1) is 13.7 Å². The highest BCUT2D eigenvalue weighted by Crippen LogP contribution is 2.40. The molecule has 0 atom stereocenters. The van der Waals surface area contributed by atoms with E-state index in [1.54, 1.807) is 14.0 Å². The zero-order valence-electron chi connectivity index (χ0n) is 22.0. The highest BCUT2D eigenvalue weighted by Gasteiger charge is 2.40. The Hall–Kier alpha value is -4.84. The van der Waals surface area contributed by atoms with Crippen molar-refractivity contribution in [2.45, 2.75) is 18.9 Å². The first-order valence-corrected chi connectivity index (χ1v) is 12.9. The number of nitrogens with one attached hydrogen (secondary N) is 1. The van der Waals surface area contributed by atoms with Crippen molar-refractivity contribution in [1.82, 2.24) is 4.98 Å². The van der Waals surface area contributed by atoms with Crippen LogP contribution in [0.5, 0.6) is 5.75 Å². The number of H-pyrrole nitrogens is 1. The lowest BCUT2D eigenvalue weighted by atomic mass is 9.80. The van der Waals surface area contributed by atoms with Crippen molar-refractivity contribution >= 4 is 22.6 Å². The SMILES string of the molecule is CCOC(=O)/C(Cc1c[nH]c2ccc(OC)cc12)=N/OC(c1ccccc1)(c1ccccc1)c1ccccc1. The lowest BCUT2D eigenvalue weighted by molar-refractivity contribution is -0.135. The number of ether oxygens (including phenoxy) is 2. The summed E-state index contributed by atoms with van der Waals surface area (Å²) < 4.78 is 10.8. The van der Waals surface area contributed by atoms with Crippen LogP contribution in [0.3, 0.4) is 0 Å². The number of methoxy groups -OCH3 is 1. The maximum atomic E-state index is 13.2. The Morgan fingerprint density at radius 3 is 1.90 bits per heavy atom. The Morgan fingerprint density at radius 1 is 0.821 bits per heavy atom. The Morgan fingerprint density at radius 2 is 1.38 bits per heavy atom. The van der Waals surface area contributed by atoms with Crippen LogP contribution < -0.4 is 4.74 Å². The summed E-state index contributed by atoms with van der Waals surface area (Å²) in [4.78, 5) is 23.0. The van der Waals surface area contributed by atoms with Crippen LogP contribution in [-0.2, 0) is 26.4 Å². The number of hydrogen-bond acceptors (Lipinski definition) is 5. The molecule has 0 amide bonds. The van der Waals surface area contributed by atoms with Crippen molar-refractivity contribution < 1.29 is 19.1 Å². The minimum absolute atomic E-state index is 0.160. The molecule has 1 N–H and O–H groups in total. The van der Waals surface area contributed by atoms with Gasteiger partial charge in [-0.2, -0.15) is 0 Å². The molecule has 0 unspecified atom stereocenters. The number of rotatable bonds is 10. The van der Waals surface area contributed by atoms with E-state index in [0.29, 0.717) is 0 Å². The fourth-order valence-corrected chi connectivity index (χ4v) is 4.77. The molecule has 0 radical (unpaired) electrons. The van der Waals surface area contributed by atoms with Gasteiger partial charge in [0, 0.05) is 40.2 Å². The van der Waals surface area contributed by atoms with Crippen LogP contribution in [0, 0.1) is 0 Å². The van der Waals surface area contributed by atoms with E-state index in [0.717, 1.165) is 38.9 Å². The van der Waals surface area contributed by atoms with Gasteiger partial charge in [0.25, 0.3) is 0 Å². The first-order chi connectivity index (χ1) is 19.2. The first-order valence-electron chi connectivity index (χ1n) is 12.9. The minimum Gasteiger partial charge on any atom is -0.497 e. The summed E-state index contributed by atoms with van der Waals surface area (Å²) in [5.74, 6) is 0.198. The molecule has 4 aromatic carbocycles. The number of carbonyl (C=O) groups is 1. The molecule has 39 heavy (non-hydrogen) atoms. The predicted octanol–water partition coefficient (Wildman–Crippen LogP) is 6.65. The molecule has 1 heterocycles. The molecule has 0 spiro atoms. The van der Waals surface area contributed by atoms with Gasteiger partial charge in [0.2, 0.25) is 5.60 Å². The van der Waals surface area contributed by atoms with Crippen LogP contribution in [0.2, 0.25) is 0 Å². The van der Waals surface area contributed by atoms with Gasteiger partial charge in [-0.05, 0) is 30.7 Å². The van der Waals surface area contributed by atoms with Crippen molar-refractivity contribution in [2.75, 3.05) is 13.7 Å². The molecule has 0 saturated carbocycles. The standard InChI is InChI=1S/C33H30N2O4/c1-3-38-32(36)31(21-24-23-34-30-20-19-28(37-2)22-29(24)30)35-39-33(25-13-7-4-8-14-25,26-15-9-5-10-16-26)27-17-11-6-12-18-27/h4-20,22-23,34H,3,21H2,1-2H3/b35-31+. The van der Waals surface area contributed by atoms with Crippen molar-refractivity contribution in [3.05, 3.63) is 138 Å². The van der Waals surface area contributed by atoms with E-state index in [1.807, 2.05) is 115 Å². The van der Waals surface area contributed by atoms with Crippen molar-refractivity contribution in [3.8, 4) is 5.75 Å². The number of aromatic amines is 1. The number of nitrogens with zero attached hydrogens (tertiary/aromatic N) is 1. The number of carbonyl (C=O) groups excluding carboxylic acids is 1. The topological polar surface area (TPSA) is 72.9 Å². The lowest BCUT2D eigenvalue weighted by Crippen LogP contribution is -2.32. The van der Waals surface area contributed by atoms with Gasteiger partial charge in [0.15, 0.2) is 5.71 Å². The van der Waals surface area contributed by atoms with E-state index in [-0.39, 0.29) is 18.7 Å². The van der Waals surface area contributed by atoms with Crippen LogP contribution in [0.15, 0.2) is 121 Å². The highest BCUT2D eigenvalue weighted by atomic mass is 16.7. The van der Waals surface area contributed by atoms with E-state index in [9.17, 15) is 4.79 Å². The van der Waals surface area contributed by atoms with Gasteiger partial charge in [-0.25, -0.2) is 4.79 Å². The zero-order valence-corrected chi connectivity index (χ0v) is 22.0. The van der Waals surface area contributed by atoms with E-state index in [4.69, 9.17) is 14.3 Å². The average molecular weight is 519 g/mol. The van der Waals surface area contributed by atoms with E-state index < -0.39 is 11.6 Å². The maximum Gasteiger partial charge on any atom is 0.356 e. The zero-order chi connectivity index (χ0) is 27.1. The third-order valence-corrected chi connectivity index (χ3v) is 6.68. The summed E-state index contributed by atoms with van der Waals surface area (Å²) in [6, 6.07) is 35.5. The molecule has 5 aromatic rings. The Labute approximate surface area is 227 Å². The molecule has 0 saturated heterocycles. The number of esters is 1. The summed E-state index contributed by atoms with van der Waals surface area (Å²) >= 11 is 0. The van der Waals surface area contributed by atoms with Gasteiger partial charge in [-0.3, -0.25) is 0 Å². The van der Waals surface area contributed by atoms with Gasteiger partial charge in [-0.1, -0.05) is 96.2 Å². The molecule has 0 fully saturated rings. The molecule has 196 valence electrons. The predicted molar refractivity (Wildman–Crippen MR) is 153 cm³/mol. The van der Waals surface area contributed by atoms with Gasteiger partial charge in [-0.15, -0.1) is 0 Å². The lowest BCUT2D eigenvalue weighted by Gasteiger charge is -2.33. The van der Waals surface area contributed by atoms with E-state index >= 15 is 0 Å². The minimum atomic E-state index is -1.11. The fraction of sp³-hybridized carbons (Fsp3) is 0.152. The number of hydrogen-bond donors (Lipinski definition) is 1. The summed E-state index contributed by atoms with van der Waals surface area (Å²) in [7, 11) is 1.63. The Balaban J connectivity index is 1.65. The van der Waals surface area contributed by atoms with Crippen LogP contribution in [0.1, 0.15) is 29.2 Å². The van der Waals surface area contributed by atoms with Crippen LogP contribution in [0.4, 0.5) is 0 Å². The molecule has 0 aliphatic rings. The largest absolute Gasteiger partial charge is 0.497 e. The van der Waals surface area contributed by atoms with Crippen molar-refractivity contribution in [1.29, 1.82) is 0 Å². The number of fused-ring (bicyclic) bond motifs is 1. The smallest absolute Gasteiger partial charge is 0.356 e. The Kier molecular flexibility index (Phi) is 7.73. The normalized spacial score (nSPS) is 11.8. The van der Waals surface area contributed by atoms with Gasteiger partial charge in [0.1, 0.15) is 5.75 Å². The molecule has 5 rings (SSSR count). The van der Waals surface area contributed by atoms with Crippen molar-refractivity contribution in [3.63, 3.8) is 0 Å². The van der Waals surface area contributed by atoms with E-state index in [2.05, 4.69) is 10.1 Å². The van der Waals surface area contributed by atoms with Crippen LogP contribution in [-0.4, -0.2) is 30.4 Å². The third kappa shape index (κ3) is 5.27. The third-order valence-electron chi connectivity index (χ3n) is 6.68. The molecular formula is C33H30N2O4.